The normalized spacial score (nSPS) is 11.2. The van der Waals surface area contributed by atoms with Crippen molar-refractivity contribution in [1.29, 1.82) is 0 Å². The molecule has 6 heteroatoms. The largest absolute Gasteiger partial charge is 0.501 e. The fourth-order valence-electron chi connectivity index (χ4n) is 1.69. The maximum absolute atomic E-state index is 12.1. The van der Waals surface area contributed by atoms with Gasteiger partial charge in [0.2, 0.25) is 0 Å². The molecule has 0 unspecified atom stereocenters. The minimum absolute atomic E-state index is 0.253. The molecule has 0 aliphatic rings. The van der Waals surface area contributed by atoms with E-state index in [1.54, 1.807) is 19.9 Å². The van der Waals surface area contributed by atoms with Crippen LogP contribution in [0, 0.1) is 19.8 Å². The van der Waals surface area contributed by atoms with Gasteiger partial charge in [0.05, 0.1) is 18.6 Å². The van der Waals surface area contributed by atoms with E-state index >= 15 is 0 Å². The fourth-order valence-corrected chi connectivity index (χ4v) is 1.69. The third-order valence-electron chi connectivity index (χ3n) is 3.24. The molecule has 1 aromatic heterocycles. The summed E-state index contributed by atoms with van der Waals surface area (Å²) in [4.78, 5) is 29.7. The highest BCUT2D eigenvalue weighted by Crippen LogP contribution is 2.08. The quantitative estimate of drug-likeness (QED) is 0.723. The van der Waals surface area contributed by atoms with Crippen molar-refractivity contribution in [3.63, 3.8) is 0 Å². The summed E-state index contributed by atoms with van der Waals surface area (Å²) in [5.74, 6) is -0.0760. The number of ether oxygens (including phenoxy) is 1. The van der Waals surface area contributed by atoms with Crippen LogP contribution in [0.1, 0.15) is 50.4 Å². The molecule has 0 fully saturated rings. The van der Waals surface area contributed by atoms with Crippen molar-refractivity contribution in [3.05, 3.63) is 33.4 Å². The highest BCUT2D eigenvalue weighted by atomic mass is 16.7. The number of nitrogens with zero attached hydrogens (tertiary/aromatic N) is 2. The third kappa shape index (κ3) is 5.02. The standard InChI is InChI=1S/C16H24N2O4/c1-6-21-10-9-14-12(4)13(5)16(20)18(17-14)22-15(19)8-7-11(2)3/h9-11H,6-8H2,1-5H3/b10-9+. The Morgan fingerprint density at radius 2 is 2.00 bits per heavy atom. The van der Waals surface area contributed by atoms with E-state index in [9.17, 15) is 9.59 Å². The van der Waals surface area contributed by atoms with Gasteiger partial charge in [0.25, 0.3) is 0 Å². The monoisotopic (exact) mass is 308 g/mol. The molecule has 0 aliphatic heterocycles. The number of hydrogen-bond acceptors (Lipinski definition) is 5. The second kappa shape index (κ2) is 8.36. The lowest BCUT2D eigenvalue weighted by atomic mass is 10.1. The predicted molar refractivity (Wildman–Crippen MR) is 84.3 cm³/mol. The Hall–Kier alpha value is -2.11. The van der Waals surface area contributed by atoms with Crippen LogP contribution in [0.3, 0.4) is 0 Å². The van der Waals surface area contributed by atoms with Gasteiger partial charge in [-0.15, -0.1) is 5.10 Å². The number of rotatable bonds is 7. The van der Waals surface area contributed by atoms with Gasteiger partial charge >= 0.3 is 11.5 Å². The first-order valence-corrected chi connectivity index (χ1v) is 7.46. The van der Waals surface area contributed by atoms with Gasteiger partial charge in [-0.2, -0.15) is 0 Å². The van der Waals surface area contributed by atoms with Gasteiger partial charge in [-0.25, -0.2) is 4.79 Å². The molecule has 0 bridgehead atoms. The minimum Gasteiger partial charge on any atom is -0.501 e. The van der Waals surface area contributed by atoms with Crippen LogP contribution in [0.25, 0.3) is 6.08 Å². The summed E-state index contributed by atoms with van der Waals surface area (Å²) >= 11 is 0. The first-order chi connectivity index (χ1) is 10.4. The topological polar surface area (TPSA) is 70.4 Å². The number of aromatic nitrogens is 2. The highest BCUT2D eigenvalue weighted by Gasteiger charge is 2.13. The average Bonchev–Trinajstić information content (AvgIpc) is 2.47. The van der Waals surface area contributed by atoms with Gasteiger partial charge < -0.3 is 9.57 Å². The van der Waals surface area contributed by atoms with Gasteiger partial charge in [-0.1, -0.05) is 13.8 Å². The van der Waals surface area contributed by atoms with Gasteiger partial charge in [0, 0.05) is 18.1 Å². The lowest BCUT2D eigenvalue weighted by molar-refractivity contribution is -0.146. The van der Waals surface area contributed by atoms with Crippen molar-refractivity contribution in [1.82, 2.24) is 9.94 Å². The third-order valence-corrected chi connectivity index (χ3v) is 3.24. The fraction of sp³-hybridized carbons (Fsp3) is 0.562. The Morgan fingerprint density at radius 1 is 1.32 bits per heavy atom. The molecule has 0 amide bonds. The van der Waals surface area contributed by atoms with Crippen molar-refractivity contribution >= 4 is 12.0 Å². The van der Waals surface area contributed by atoms with E-state index in [1.807, 2.05) is 20.8 Å². The minimum atomic E-state index is -0.466. The Balaban J connectivity index is 2.99. The van der Waals surface area contributed by atoms with Crippen LogP contribution < -0.4 is 10.4 Å². The first kappa shape index (κ1) is 17.9. The molecule has 6 nitrogen and oxygen atoms in total. The molecule has 1 aromatic rings. The van der Waals surface area contributed by atoms with Gasteiger partial charge in [-0.05, 0) is 43.5 Å². The van der Waals surface area contributed by atoms with Crippen molar-refractivity contribution in [2.45, 2.75) is 47.5 Å². The van der Waals surface area contributed by atoms with Crippen LogP contribution in [0.4, 0.5) is 0 Å². The smallest absolute Gasteiger partial charge is 0.335 e. The summed E-state index contributed by atoms with van der Waals surface area (Å²) in [7, 11) is 0. The van der Waals surface area contributed by atoms with Crippen LogP contribution in [0.2, 0.25) is 0 Å². The summed E-state index contributed by atoms with van der Waals surface area (Å²) in [5.41, 5.74) is 1.32. The summed E-state index contributed by atoms with van der Waals surface area (Å²) in [6, 6.07) is 0. The van der Waals surface area contributed by atoms with Crippen molar-refractivity contribution < 1.29 is 14.4 Å². The maximum Gasteiger partial charge on any atom is 0.335 e. The average molecular weight is 308 g/mol. The molecular formula is C16H24N2O4. The van der Waals surface area contributed by atoms with Crippen LogP contribution >= 0.6 is 0 Å². The van der Waals surface area contributed by atoms with Crippen LogP contribution in [0.15, 0.2) is 11.1 Å². The molecule has 122 valence electrons. The van der Waals surface area contributed by atoms with E-state index in [0.717, 1.165) is 10.4 Å². The van der Waals surface area contributed by atoms with Crippen molar-refractivity contribution in [2.75, 3.05) is 6.61 Å². The predicted octanol–water partition coefficient (Wildman–Crippen LogP) is 2.26. The number of carbonyl (C=O) groups is 1. The SMILES string of the molecule is CCO/C=C/c1nn(OC(=O)CCC(C)C)c(=O)c(C)c1C. The zero-order valence-electron chi connectivity index (χ0n) is 13.9. The van der Waals surface area contributed by atoms with Gasteiger partial charge in [-0.3, -0.25) is 4.79 Å². The highest BCUT2D eigenvalue weighted by molar-refractivity contribution is 5.69. The summed E-state index contributed by atoms with van der Waals surface area (Å²) < 4.78 is 5.13. The molecular weight excluding hydrogens is 284 g/mol. The second-order valence-corrected chi connectivity index (χ2v) is 5.47. The van der Waals surface area contributed by atoms with Gasteiger partial charge in [0.15, 0.2) is 0 Å². The summed E-state index contributed by atoms with van der Waals surface area (Å²) in [5, 5.41) is 4.07. The Bertz CT molecular complexity index is 603. The Labute approximate surface area is 130 Å². The Morgan fingerprint density at radius 3 is 2.59 bits per heavy atom. The zero-order valence-corrected chi connectivity index (χ0v) is 13.9. The molecule has 0 N–H and O–H groups in total. The van der Waals surface area contributed by atoms with Crippen LogP contribution in [-0.2, 0) is 9.53 Å². The van der Waals surface area contributed by atoms with E-state index in [-0.39, 0.29) is 6.42 Å². The summed E-state index contributed by atoms with van der Waals surface area (Å²) in [6.45, 7) is 9.91. The molecule has 0 radical (unpaired) electrons. The maximum atomic E-state index is 12.1. The lowest BCUT2D eigenvalue weighted by Crippen LogP contribution is -2.35. The lowest BCUT2D eigenvalue weighted by Gasteiger charge is -2.10. The number of hydrogen-bond donors (Lipinski definition) is 0. The van der Waals surface area contributed by atoms with Crippen molar-refractivity contribution in [3.8, 4) is 0 Å². The molecule has 0 aromatic carbocycles. The van der Waals surface area contributed by atoms with E-state index in [1.165, 1.54) is 6.26 Å². The van der Waals surface area contributed by atoms with E-state index in [0.29, 0.717) is 30.2 Å². The van der Waals surface area contributed by atoms with E-state index < -0.39 is 11.5 Å². The number of carbonyl (C=O) groups excluding carboxylic acids is 1. The molecule has 0 aliphatic carbocycles. The van der Waals surface area contributed by atoms with Crippen LogP contribution in [-0.4, -0.2) is 22.5 Å². The first-order valence-electron chi connectivity index (χ1n) is 7.46. The second-order valence-electron chi connectivity index (χ2n) is 5.47. The van der Waals surface area contributed by atoms with Crippen LogP contribution in [0.5, 0.6) is 0 Å². The molecule has 0 spiro atoms. The van der Waals surface area contributed by atoms with E-state index in [4.69, 9.17) is 9.57 Å². The van der Waals surface area contributed by atoms with Gasteiger partial charge in [0.1, 0.15) is 0 Å². The molecule has 1 heterocycles. The summed E-state index contributed by atoms with van der Waals surface area (Å²) in [6.07, 6.45) is 4.10. The molecule has 0 saturated carbocycles. The zero-order chi connectivity index (χ0) is 16.7. The Kier molecular flexibility index (Phi) is 6.82. The molecule has 0 atom stereocenters. The molecule has 1 rings (SSSR count). The van der Waals surface area contributed by atoms with Crippen molar-refractivity contribution in [2.24, 2.45) is 5.92 Å². The molecule has 22 heavy (non-hydrogen) atoms. The molecule has 0 saturated heterocycles. The van der Waals surface area contributed by atoms with E-state index in [2.05, 4.69) is 5.10 Å².